The monoisotopic (exact) mass is 247 g/mol. The number of amides is 2. The highest BCUT2D eigenvalue weighted by Crippen LogP contribution is 2.32. The molecule has 18 heavy (non-hydrogen) atoms. The van der Waals surface area contributed by atoms with Crippen molar-refractivity contribution in [2.75, 3.05) is 0 Å². The molecule has 0 saturated carbocycles. The van der Waals surface area contributed by atoms with Gasteiger partial charge < -0.3 is 10.8 Å². The third-order valence-corrected chi connectivity index (χ3v) is 3.30. The van der Waals surface area contributed by atoms with Gasteiger partial charge in [0.25, 0.3) is 0 Å². The zero-order chi connectivity index (χ0) is 13.1. The molecule has 5 nitrogen and oxygen atoms in total. The molecular weight excluding hydrogens is 230 g/mol. The van der Waals surface area contributed by atoms with Crippen LogP contribution in [0.3, 0.4) is 0 Å². The Morgan fingerprint density at radius 1 is 1.50 bits per heavy atom. The van der Waals surface area contributed by atoms with E-state index in [0.717, 1.165) is 18.4 Å². The average Bonchev–Trinajstić information content (AvgIpc) is 2.35. The third-order valence-electron chi connectivity index (χ3n) is 3.30. The summed E-state index contributed by atoms with van der Waals surface area (Å²) < 4.78 is 0. The summed E-state index contributed by atoms with van der Waals surface area (Å²) in [5.74, 6) is 0.227. The predicted octanol–water partition coefficient (Wildman–Crippen LogP) is 1.58. The molecule has 0 fully saturated rings. The standard InChI is InChI=1S/C13H17N3O2/c1-8-11-5-3-2-4-9(11)6-10(12(8)17)7-15-16-13(14)18/h6-7,17H,2-5H2,1H3,(H3,14,16,18)/b15-7+. The molecule has 1 aromatic rings. The number of aromatic hydroxyl groups is 1. The van der Waals surface area contributed by atoms with Crippen LogP contribution >= 0.6 is 0 Å². The number of rotatable bonds is 2. The van der Waals surface area contributed by atoms with Crippen LogP contribution < -0.4 is 11.2 Å². The van der Waals surface area contributed by atoms with E-state index in [1.165, 1.54) is 30.2 Å². The summed E-state index contributed by atoms with van der Waals surface area (Å²) >= 11 is 0. The molecule has 0 aliphatic heterocycles. The lowest BCUT2D eigenvalue weighted by Crippen LogP contribution is -2.24. The summed E-state index contributed by atoms with van der Waals surface area (Å²) in [4.78, 5) is 10.5. The van der Waals surface area contributed by atoms with Crippen LogP contribution in [0.1, 0.15) is 35.1 Å². The fraction of sp³-hybridized carbons (Fsp3) is 0.385. The Morgan fingerprint density at radius 3 is 2.94 bits per heavy atom. The van der Waals surface area contributed by atoms with Crippen LogP contribution in [-0.4, -0.2) is 17.4 Å². The molecule has 1 aliphatic rings. The third kappa shape index (κ3) is 2.45. The van der Waals surface area contributed by atoms with E-state index in [1.54, 1.807) is 0 Å². The van der Waals surface area contributed by atoms with Gasteiger partial charge in [-0.25, -0.2) is 10.2 Å². The fourth-order valence-corrected chi connectivity index (χ4v) is 2.40. The van der Waals surface area contributed by atoms with Gasteiger partial charge in [0.1, 0.15) is 5.75 Å². The fourth-order valence-electron chi connectivity index (χ4n) is 2.40. The van der Waals surface area contributed by atoms with E-state index in [9.17, 15) is 9.90 Å². The number of urea groups is 1. The number of hydrogen-bond donors (Lipinski definition) is 3. The van der Waals surface area contributed by atoms with Crippen LogP contribution in [0.15, 0.2) is 11.2 Å². The summed E-state index contributed by atoms with van der Waals surface area (Å²) in [7, 11) is 0. The summed E-state index contributed by atoms with van der Waals surface area (Å²) in [5, 5.41) is 13.8. The van der Waals surface area contributed by atoms with E-state index in [2.05, 4.69) is 10.5 Å². The number of phenols is 1. The highest BCUT2D eigenvalue weighted by atomic mass is 16.3. The number of carbonyl (C=O) groups is 1. The second-order valence-electron chi connectivity index (χ2n) is 4.52. The number of primary amides is 1. The molecule has 0 radical (unpaired) electrons. The Labute approximate surface area is 106 Å². The van der Waals surface area contributed by atoms with Crippen LogP contribution in [0.2, 0.25) is 0 Å². The van der Waals surface area contributed by atoms with Gasteiger partial charge in [0.05, 0.1) is 6.21 Å². The smallest absolute Gasteiger partial charge is 0.332 e. The first-order valence-electron chi connectivity index (χ1n) is 6.02. The molecule has 0 saturated heterocycles. The molecule has 0 unspecified atom stereocenters. The largest absolute Gasteiger partial charge is 0.507 e. The minimum absolute atomic E-state index is 0.227. The van der Waals surface area contributed by atoms with E-state index >= 15 is 0 Å². The molecule has 0 atom stereocenters. The highest BCUT2D eigenvalue weighted by Gasteiger charge is 2.16. The van der Waals surface area contributed by atoms with Gasteiger partial charge >= 0.3 is 6.03 Å². The Morgan fingerprint density at radius 2 is 2.22 bits per heavy atom. The van der Waals surface area contributed by atoms with E-state index in [1.807, 2.05) is 13.0 Å². The van der Waals surface area contributed by atoms with Crippen molar-refractivity contribution in [3.8, 4) is 5.75 Å². The number of hydrogen-bond acceptors (Lipinski definition) is 3. The molecule has 1 aliphatic carbocycles. The first-order chi connectivity index (χ1) is 8.59. The Balaban J connectivity index is 2.34. The Bertz CT molecular complexity index is 509. The first-order valence-corrected chi connectivity index (χ1v) is 6.02. The number of fused-ring (bicyclic) bond motifs is 1. The van der Waals surface area contributed by atoms with Gasteiger partial charge in [0, 0.05) is 5.56 Å². The zero-order valence-corrected chi connectivity index (χ0v) is 10.4. The molecule has 0 bridgehead atoms. The van der Waals surface area contributed by atoms with Gasteiger partial charge in [-0.05, 0) is 55.4 Å². The van der Waals surface area contributed by atoms with E-state index in [-0.39, 0.29) is 5.75 Å². The molecule has 0 spiro atoms. The van der Waals surface area contributed by atoms with Gasteiger partial charge in [-0.1, -0.05) is 0 Å². The molecule has 4 N–H and O–H groups in total. The van der Waals surface area contributed by atoms with Crippen LogP contribution in [0, 0.1) is 6.92 Å². The predicted molar refractivity (Wildman–Crippen MR) is 69.8 cm³/mol. The number of hydrazone groups is 1. The molecule has 1 aromatic carbocycles. The topological polar surface area (TPSA) is 87.7 Å². The molecular formula is C13H17N3O2. The van der Waals surface area contributed by atoms with Crippen molar-refractivity contribution in [2.45, 2.75) is 32.6 Å². The zero-order valence-electron chi connectivity index (χ0n) is 10.4. The van der Waals surface area contributed by atoms with Gasteiger partial charge in [-0.2, -0.15) is 5.10 Å². The average molecular weight is 247 g/mol. The van der Waals surface area contributed by atoms with Crippen molar-refractivity contribution in [1.29, 1.82) is 0 Å². The van der Waals surface area contributed by atoms with Crippen molar-refractivity contribution in [3.05, 3.63) is 28.3 Å². The molecule has 0 heterocycles. The SMILES string of the molecule is Cc1c(O)c(/C=N/NC(N)=O)cc2c1CCCC2. The van der Waals surface area contributed by atoms with Crippen LogP contribution in [0.5, 0.6) is 5.75 Å². The number of aryl methyl sites for hydroxylation is 1. The molecule has 0 aromatic heterocycles. The lowest BCUT2D eigenvalue weighted by Gasteiger charge is -2.20. The summed E-state index contributed by atoms with van der Waals surface area (Å²) in [6, 6.07) is 1.21. The van der Waals surface area contributed by atoms with Crippen molar-refractivity contribution >= 4 is 12.2 Å². The summed E-state index contributed by atoms with van der Waals surface area (Å²) in [5.41, 5.74) is 11.1. The van der Waals surface area contributed by atoms with Crippen molar-refractivity contribution < 1.29 is 9.90 Å². The minimum atomic E-state index is -0.722. The van der Waals surface area contributed by atoms with Gasteiger partial charge in [-0.3, -0.25) is 0 Å². The second kappa shape index (κ2) is 5.08. The van der Waals surface area contributed by atoms with Crippen molar-refractivity contribution in [2.24, 2.45) is 10.8 Å². The second-order valence-corrected chi connectivity index (χ2v) is 4.52. The normalized spacial score (nSPS) is 14.5. The Hall–Kier alpha value is -2.04. The van der Waals surface area contributed by atoms with Crippen LogP contribution in [0.4, 0.5) is 4.79 Å². The van der Waals surface area contributed by atoms with Crippen molar-refractivity contribution in [3.63, 3.8) is 0 Å². The lowest BCUT2D eigenvalue weighted by molar-refractivity contribution is 0.249. The first kappa shape index (κ1) is 12.4. The number of benzene rings is 1. The number of nitrogens with two attached hydrogens (primary N) is 1. The molecule has 5 heteroatoms. The van der Waals surface area contributed by atoms with Gasteiger partial charge in [0.15, 0.2) is 0 Å². The van der Waals surface area contributed by atoms with E-state index in [0.29, 0.717) is 5.56 Å². The van der Waals surface area contributed by atoms with E-state index < -0.39 is 6.03 Å². The number of nitrogens with zero attached hydrogens (tertiary/aromatic N) is 1. The minimum Gasteiger partial charge on any atom is -0.507 e. The quantitative estimate of drug-likeness (QED) is 0.547. The highest BCUT2D eigenvalue weighted by molar-refractivity contribution is 5.86. The van der Waals surface area contributed by atoms with E-state index in [4.69, 9.17) is 5.73 Å². The van der Waals surface area contributed by atoms with Gasteiger partial charge in [-0.15, -0.1) is 0 Å². The van der Waals surface area contributed by atoms with Crippen LogP contribution in [0.25, 0.3) is 0 Å². The summed E-state index contributed by atoms with van der Waals surface area (Å²) in [6.07, 6.45) is 5.81. The Kier molecular flexibility index (Phi) is 3.50. The maximum Gasteiger partial charge on any atom is 0.332 e. The van der Waals surface area contributed by atoms with Crippen LogP contribution in [-0.2, 0) is 12.8 Å². The lowest BCUT2D eigenvalue weighted by atomic mass is 9.86. The number of carbonyl (C=O) groups excluding carboxylic acids is 1. The van der Waals surface area contributed by atoms with Crippen molar-refractivity contribution in [1.82, 2.24) is 5.43 Å². The summed E-state index contributed by atoms with van der Waals surface area (Å²) in [6.45, 7) is 1.92. The molecule has 2 amide bonds. The molecule has 2 rings (SSSR count). The number of phenolic OH excluding ortho intramolecular Hbond substituents is 1. The van der Waals surface area contributed by atoms with Gasteiger partial charge in [0.2, 0.25) is 0 Å². The molecule has 96 valence electrons. The number of nitrogens with one attached hydrogen (secondary N) is 1. The maximum absolute atomic E-state index is 10.5. The maximum atomic E-state index is 10.5.